The van der Waals surface area contributed by atoms with E-state index < -0.39 is 10.0 Å². The molecule has 0 radical (unpaired) electrons. The second-order valence-electron chi connectivity index (χ2n) is 7.68. The first-order valence-corrected chi connectivity index (χ1v) is 12.0. The van der Waals surface area contributed by atoms with Crippen LogP contribution in [0.15, 0.2) is 26.2 Å². The molecule has 1 atom stereocenters. The van der Waals surface area contributed by atoms with Gasteiger partial charge in [-0.25, -0.2) is 8.42 Å². The zero-order valence-corrected chi connectivity index (χ0v) is 17.8. The fraction of sp³-hybridized carbons (Fsp3) is 0.579. The molecule has 2 aliphatic rings. The maximum Gasteiger partial charge on any atom is 0.248 e. The summed E-state index contributed by atoms with van der Waals surface area (Å²) in [6.45, 7) is 4.49. The molecular weight excluding hydrogens is 398 g/mol. The van der Waals surface area contributed by atoms with Gasteiger partial charge in [0.05, 0.1) is 5.92 Å². The first-order chi connectivity index (χ1) is 13.4. The highest BCUT2D eigenvalue weighted by Gasteiger charge is 2.40. The summed E-state index contributed by atoms with van der Waals surface area (Å²) in [5.74, 6) is 0.0682. The van der Waals surface area contributed by atoms with Crippen molar-refractivity contribution in [2.24, 2.45) is 5.92 Å². The number of thiophene rings is 1. The van der Waals surface area contributed by atoms with Crippen molar-refractivity contribution in [3.8, 4) is 0 Å². The summed E-state index contributed by atoms with van der Waals surface area (Å²) in [4.78, 5) is 15.4. The van der Waals surface area contributed by atoms with E-state index >= 15 is 0 Å². The van der Waals surface area contributed by atoms with Gasteiger partial charge in [-0.2, -0.15) is 15.6 Å². The molecule has 1 aliphatic carbocycles. The van der Waals surface area contributed by atoms with Gasteiger partial charge in [-0.1, -0.05) is 5.16 Å². The Hall–Kier alpha value is -1.71. The maximum absolute atomic E-state index is 13.3. The van der Waals surface area contributed by atoms with Crippen molar-refractivity contribution in [2.75, 3.05) is 13.1 Å². The topological polar surface area (TPSA) is 83.7 Å². The van der Waals surface area contributed by atoms with Crippen LogP contribution in [0.2, 0.25) is 0 Å². The van der Waals surface area contributed by atoms with Crippen LogP contribution in [0.3, 0.4) is 0 Å². The van der Waals surface area contributed by atoms with Gasteiger partial charge in [0.1, 0.15) is 10.6 Å². The molecule has 152 valence electrons. The molecule has 0 spiro atoms. The van der Waals surface area contributed by atoms with Crippen LogP contribution >= 0.6 is 11.3 Å². The van der Waals surface area contributed by atoms with E-state index in [1.54, 1.807) is 25.2 Å². The number of aromatic nitrogens is 1. The molecule has 2 aromatic rings. The molecule has 1 saturated carbocycles. The molecule has 0 aromatic carbocycles. The van der Waals surface area contributed by atoms with Crippen LogP contribution in [0.25, 0.3) is 0 Å². The number of hydrogen-bond acceptors (Lipinski definition) is 6. The Morgan fingerprint density at radius 3 is 2.75 bits per heavy atom. The average Bonchev–Trinajstić information content (AvgIpc) is 3.27. The molecule has 0 N–H and O–H groups in total. The van der Waals surface area contributed by atoms with Gasteiger partial charge in [-0.05, 0) is 61.9 Å². The van der Waals surface area contributed by atoms with E-state index in [1.807, 2.05) is 16.3 Å². The van der Waals surface area contributed by atoms with Crippen molar-refractivity contribution in [3.05, 3.63) is 33.8 Å². The molecule has 1 unspecified atom stereocenters. The fourth-order valence-electron chi connectivity index (χ4n) is 3.92. The number of sulfonamides is 1. The summed E-state index contributed by atoms with van der Waals surface area (Å²) >= 11 is 1.63. The third-order valence-corrected chi connectivity index (χ3v) is 8.35. The van der Waals surface area contributed by atoms with Gasteiger partial charge in [0.2, 0.25) is 15.9 Å². The molecule has 9 heteroatoms. The van der Waals surface area contributed by atoms with Gasteiger partial charge in [-0.15, -0.1) is 0 Å². The highest BCUT2D eigenvalue weighted by Crippen LogP contribution is 2.33. The minimum Gasteiger partial charge on any atom is -0.360 e. The number of hydrogen-bond donors (Lipinski definition) is 0. The van der Waals surface area contributed by atoms with Crippen molar-refractivity contribution in [3.63, 3.8) is 0 Å². The minimum atomic E-state index is -3.72. The highest BCUT2D eigenvalue weighted by molar-refractivity contribution is 7.89. The zero-order chi connectivity index (χ0) is 19.9. The number of piperidine rings is 1. The second-order valence-corrected chi connectivity index (χ2v) is 10.3. The summed E-state index contributed by atoms with van der Waals surface area (Å²) in [6.07, 6.45) is 3.46. The van der Waals surface area contributed by atoms with Crippen molar-refractivity contribution < 1.29 is 17.7 Å². The molecule has 7 nitrogen and oxygen atoms in total. The van der Waals surface area contributed by atoms with Gasteiger partial charge in [0, 0.05) is 25.7 Å². The Kier molecular flexibility index (Phi) is 5.32. The number of carbonyl (C=O) groups excluding carboxylic acids is 1. The third kappa shape index (κ3) is 3.75. The van der Waals surface area contributed by atoms with Gasteiger partial charge in [-0.3, -0.25) is 4.79 Å². The summed E-state index contributed by atoms with van der Waals surface area (Å²) in [7, 11) is -3.72. The second kappa shape index (κ2) is 7.61. The van der Waals surface area contributed by atoms with E-state index in [1.165, 1.54) is 4.31 Å². The number of rotatable bonds is 6. The molecule has 1 aliphatic heterocycles. The predicted molar refractivity (Wildman–Crippen MR) is 105 cm³/mol. The highest BCUT2D eigenvalue weighted by atomic mass is 32.2. The Morgan fingerprint density at radius 1 is 1.36 bits per heavy atom. The Morgan fingerprint density at radius 2 is 2.14 bits per heavy atom. The van der Waals surface area contributed by atoms with Gasteiger partial charge in [0.15, 0.2) is 5.76 Å². The van der Waals surface area contributed by atoms with Gasteiger partial charge in [0.25, 0.3) is 0 Å². The standard InChI is InChI=1S/C19H25N3O4S2/c1-13-18(14(2)26-20-13)28(24,25)21-8-3-4-16(11-21)19(23)22(17-5-6-17)10-15-7-9-27-12-15/h7,9,12,16-17H,3-6,8,10-11H2,1-2H3. The van der Waals surface area contributed by atoms with E-state index in [0.29, 0.717) is 37.0 Å². The molecule has 28 heavy (non-hydrogen) atoms. The largest absolute Gasteiger partial charge is 0.360 e. The normalized spacial score (nSPS) is 21.0. The monoisotopic (exact) mass is 423 g/mol. The number of carbonyl (C=O) groups is 1. The van der Waals surface area contributed by atoms with Crippen LogP contribution in [0.1, 0.15) is 42.7 Å². The first-order valence-electron chi connectivity index (χ1n) is 9.62. The molecule has 2 fully saturated rings. The first kappa shape index (κ1) is 19.6. The molecule has 3 heterocycles. The lowest BCUT2D eigenvalue weighted by Gasteiger charge is -2.34. The number of nitrogens with zero attached hydrogens (tertiary/aromatic N) is 3. The molecule has 1 saturated heterocycles. The Bertz CT molecular complexity index is 928. The van der Waals surface area contributed by atoms with Crippen LogP contribution in [0.4, 0.5) is 0 Å². The number of aryl methyl sites for hydroxylation is 2. The van der Waals surface area contributed by atoms with Crippen LogP contribution in [0.5, 0.6) is 0 Å². The van der Waals surface area contributed by atoms with E-state index in [0.717, 1.165) is 24.8 Å². The van der Waals surface area contributed by atoms with Crippen molar-refractivity contribution >= 4 is 27.3 Å². The van der Waals surface area contributed by atoms with Gasteiger partial charge < -0.3 is 9.42 Å². The Labute approximate surface area is 169 Å². The molecular formula is C19H25N3O4S2. The van der Waals surface area contributed by atoms with Crippen molar-refractivity contribution in [1.29, 1.82) is 0 Å². The van der Waals surface area contributed by atoms with E-state index in [2.05, 4.69) is 10.5 Å². The predicted octanol–water partition coefficient (Wildman–Crippen LogP) is 2.94. The summed E-state index contributed by atoms with van der Waals surface area (Å²) in [6, 6.07) is 2.34. The summed E-state index contributed by atoms with van der Waals surface area (Å²) in [5.41, 5.74) is 1.50. The van der Waals surface area contributed by atoms with Crippen LogP contribution in [-0.4, -0.2) is 47.8 Å². The maximum atomic E-state index is 13.3. The lowest BCUT2D eigenvalue weighted by molar-refractivity contribution is -0.138. The molecule has 0 bridgehead atoms. The van der Waals surface area contributed by atoms with Crippen molar-refractivity contribution in [2.45, 2.75) is 57.0 Å². The third-order valence-electron chi connectivity index (χ3n) is 5.50. The van der Waals surface area contributed by atoms with Crippen LogP contribution in [-0.2, 0) is 21.4 Å². The van der Waals surface area contributed by atoms with Crippen LogP contribution < -0.4 is 0 Å². The van der Waals surface area contributed by atoms with E-state index in [-0.39, 0.29) is 23.3 Å². The smallest absolute Gasteiger partial charge is 0.248 e. The summed E-state index contributed by atoms with van der Waals surface area (Å²) < 4.78 is 32.8. The van der Waals surface area contributed by atoms with E-state index in [9.17, 15) is 13.2 Å². The zero-order valence-electron chi connectivity index (χ0n) is 16.1. The molecule has 2 aromatic heterocycles. The summed E-state index contributed by atoms with van der Waals surface area (Å²) in [5, 5.41) is 7.86. The van der Waals surface area contributed by atoms with E-state index in [4.69, 9.17) is 4.52 Å². The quantitative estimate of drug-likeness (QED) is 0.713. The Balaban J connectivity index is 1.52. The number of amides is 1. The molecule has 4 rings (SSSR count). The van der Waals surface area contributed by atoms with Crippen LogP contribution in [0, 0.1) is 19.8 Å². The fourth-order valence-corrected chi connectivity index (χ4v) is 6.40. The molecule has 1 amide bonds. The lowest BCUT2D eigenvalue weighted by Crippen LogP contribution is -2.47. The average molecular weight is 424 g/mol. The SMILES string of the molecule is Cc1noc(C)c1S(=O)(=O)N1CCCC(C(=O)N(Cc2ccsc2)C2CC2)C1. The lowest BCUT2D eigenvalue weighted by atomic mass is 9.97. The minimum absolute atomic E-state index is 0.0763. The van der Waals surface area contributed by atoms with Crippen molar-refractivity contribution in [1.82, 2.24) is 14.4 Å². The van der Waals surface area contributed by atoms with Gasteiger partial charge >= 0.3 is 0 Å².